The molecule has 8 nitrogen and oxygen atoms in total. The Labute approximate surface area is 206 Å². The number of nitrogens with zero attached hydrogens (tertiary/aromatic N) is 3. The van der Waals surface area contributed by atoms with Crippen LogP contribution in [0.1, 0.15) is 53.9 Å². The summed E-state index contributed by atoms with van der Waals surface area (Å²) in [4.78, 5) is 38.7. The summed E-state index contributed by atoms with van der Waals surface area (Å²) < 4.78 is 0. The van der Waals surface area contributed by atoms with E-state index in [0.29, 0.717) is 45.8 Å². The van der Waals surface area contributed by atoms with Crippen LogP contribution < -0.4 is 15.5 Å². The van der Waals surface area contributed by atoms with Gasteiger partial charge in [0.2, 0.25) is 16.9 Å². The first-order chi connectivity index (χ1) is 16.4. The summed E-state index contributed by atoms with van der Waals surface area (Å²) in [6.07, 6.45) is 2.60. The van der Waals surface area contributed by atoms with Gasteiger partial charge in [0.1, 0.15) is 5.01 Å². The average Bonchev–Trinajstić information content (AvgIpc) is 3.45. The first-order valence-electron chi connectivity index (χ1n) is 11.0. The first kappa shape index (κ1) is 23.8. The van der Waals surface area contributed by atoms with Gasteiger partial charge in [-0.3, -0.25) is 19.7 Å². The Hall–Kier alpha value is -3.30. The molecule has 0 aliphatic carbocycles. The third kappa shape index (κ3) is 5.78. The van der Waals surface area contributed by atoms with Gasteiger partial charge in [0.15, 0.2) is 0 Å². The Kier molecular flexibility index (Phi) is 7.54. The molecule has 1 aliphatic heterocycles. The molecule has 3 amide bonds. The quantitative estimate of drug-likeness (QED) is 0.451. The van der Waals surface area contributed by atoms with Crippen molar-refractivity contribution in [1.29, 1.82) is 0 Å². The Morgan fingerprint density at radius 1 is 1.09 bits per heavy atom. The highest BCUT2D eigenvalue weighted by molar-refractivity contribution is 7.15. The number of carbonyl (C=O) groups is 3. The van der Waals surface area contributed by atoms with Gasteiger partial charge in [-0.25, -0.2) is 0 Å². The number of aromatic nitrogens is 2. The van der Waals surface area contributed by atoms with Crippen LogP contribution in [0.25, 0.3) is 0 Å². The third-order valence-electron chi connectivity index (χ3n) is 5.46. The maximum Gasteiger partial charge on any atom is 0.257 e. The SMILES string of the molecule is CCCCC(=O)Nc1ccc(C(=O)Nc2nnc(C3CC(=O)N(c4ccc(Cl)cc4)C3)s2)cc1. The number of carbonyl (C=O) groups excluding carboxylic acids is 3. The van der Waals surface area contributed by atoms with Crippen molar-refractivity contribution in [3.63, 3.8) is 0 Å². The third-order valence-corrected chi connectivity index (χ3v) is 6.72. The highest BCUT2D eigenvalue weighted by Crippen LogP contribution is 2.34. The van der Waals surface area contributed by atoms with Gasteiger partial charge in [-0.15, -0.1) is 10.2 Å². The van der Waals surface area contributed by atoms with Crippen LogP contribution in [0.15, 0.2) is 48.5 Å². The minimum Gasteiger partial charge on any atom is -0.326 e. The van der Waals surface area contributed by atoms with Crippen molar-refractivity contribution < 1.29 is 14.4 Å². The largest absolute Gasteiger partial charge is 0.326 e. The summed E-state index contributed by atoms with van der Waals surface area (Å²) in [6.45, 7) is 2.53. The van der Waals surface area contributed by atoms with Crippen molar-refractivity contribution in [3.05, 3.63) is 64.1 Å². The maximum atomic E-state index is 12.6. The van der Waals surface area contributed by atoms with Gasteiger partial charge in [-0.05, 0) is 55.0 Å². The number of unbranched alkanes of at least 4 members (excludes halogenated alkanes) is 1. The molecule has 1 aliphatic rings. The lowest BCUT2D eigenvalue weighted by Gasteiger charge is -2.16. The molecule has 34 heavy (non-hydrogen) atoms. The van der Waals surface area contributed by atoms with Gasteiger partial charge < -0.3 is 10.2 Å². The van der Waals surface area contributed by atoms with Gasteiger partial charge in [-0.2, -0.15) is 0 Å². The molecule has 1 fully saturated rings. The Morgan fingerprint density at radius 3 is 2.53 bits per heavy atom. The molecule has 2 aromatic carbocycles. The van der Waals surface area contributed by atoms with Gasteiger partial charge in [0, 0.05) is 47.3 Å². The summed E-state index contributed by atoms with van der Waals surface area (Å²) in [5.74, 6) is -0.450. The van der Waals surface area contributed by atoms with Crippen LogP contribution in [0.4, 0.5) is 16.5 Å². The molecule has 0 radical (unpaired) electrons. The van der Waals surface area contributed by atoms with E-state index in [1.54, 1.807) is 41.3 Å². The molecule has 3 aromatic rings. The van der Waals surface area contributed by atoms with E-state index < -0.39 is 0 Å². The molecule has 1 saturated heterocycles. The van der Waals surface area contributed by atoms with E-state index in [9.17, 15) is 14.4 Å². The second-order valence-corrected chi connectivity index (χ2v) is 9.46. The Bertz CT molecular complexity index is 1180. The molecule has 2 heterocycles. The predicted molar refractivity (Wildman–Crippen MR) is 134 cm³/mol. The van der Waals surface area contributed by atoms with Crippen LogP contribution >= 0.6 is 22.9 Å². The molecule has 0 bridgehead atoms. The number of nitrogens with one attached hydrogen (secondary N) is 2. The van der Waals surface area contributed by atoms with Crippen molar-refractivity contribution >= 4 is 57.2 Å². The van der Waals surface area contributed by atoms with Crippen molar-refractivity contribution in [1.82, 2.24) is 10.2 Å². The smallest absolute Gasteiger partial charge is 0.257 e. The molecule has 1 aromatic heterocycles. The molecule has 1 unspecified atom stereocenters. The number of amides is 3. The van der Waals surface area contributed by atoms with E-state index in [2.05, 4.69) is 20.8 Å². The van der Waals surface area contributed by atoms with Crippen molar-refractivity contribution in [2.75, 3.05) is 22.1 Å². The molecule has 0 saturated carbocycles. The Morgan fingerprint density at radius 2 is 1.82 bits per heavy atom. The summed E-state index contributed by atoms with van der Waals surface area (Å²) in [7, 11) is 0. The number of anilines is 3. The van der Waals surface area contributed by atoms with E-state index in [4.69, 9.17) is 11.6 Å². The second kappa shape index (κ2) is 10.8. The second-order valence-electron chi connectivity index (χ2n) is 8.01. The Balaban J connectivity index is 1.34. The topological polar surface area (TPSA) is 104 Å². The standard InChI is InChI=1S/C24H24ClN5O3S/c1-2-3-4-20(31)26-18-9-5-15(6-10-18)22(33)27-24-29-28-23(34-24)16-13-21(32)30(14-16)19-11-7-17(25)8-12-19/h5-12,16H,2-4,13-14H2,1H3,(H,26,31)(H,27,29,33). The molecule has 4 rings (SSSR count). The zero-order valence-electron chi connectivity index (χ0n) is 18.6. The van der Waals surface area contributed by atoms with E-state index >= 15 is 0 Å². The maximum absolute atomic E-state index is 12.6. The molecule has 0 spiro atoms. The highest BCUT2D eigenvalue weighted by atomic mass is 35.5. The minimum atomic E-state index is -0.322. The molecular formula is C24H24ClN5O3S. The lowest BCUT2D eigenvalue weighted by Crippen LogP contribution is -2.24. The van der Waals surface area contributed by atoms with Gasteiger partial charge >= 0.3 is 0 Å². The fourth-order valence-electron chi connectivity index (χ4n) is 3.63. The monoisotopic (exact) mass is 497 g/mol. The molecule has 1 atom stereocenters. The van der Waals surface area contributed by atoms with Gasteiger partial charge in [0.05, 0.1) is 0 Å². The van der Waals surface area contributed by atoms with Crippen LogP contribution in [0, 0.1) is 0 Å². The zero-order valence-corrected chi connectivity index (χ0v) is 20.2. The van der Waals surface area contributed by atoms with Crippen molar-refractivity contribution in [2.24, 2.45) is 0 Å². The lowest BCUT2D eigenvalue weighted by molar-refractivity contribution is -0.117. The summed E-state index contributed by atoms with van der Waals surface area (Å²) >= 11 is 7.20. The fourth-order valence-corrected chi connectivity index (χ4v) is 4.58. The van der Waals surface area contributed by atoms with E-state index in [0.717, 1.165) is 18.5 Å². The zero-order chi connectivity index (χ0) is 24.1. The van der Waals surface area contributed by atoms with Crippen molar-refractivity contribution in [2.45, 2.75) is 38.5 Å². The number of rotatable bonds is 8. The predicted octanol–water partition coefficient (Wildman–Crippen LogP) is 5.09. The normalized spacial score (nSPS) is 15.4. The summed E-state index contributed by atoms with van der Waals surface area (Å²) in [5, 5.41) is 15.5. The van der Waals surface area contributed by atoms with E-state index in [-0.39, 0.29) is 23.6 Å². The summed E-state index contributed by atoms with van der Waals surface area (Å²) in [5.41, 5.74) is 1.88. The van der Waals surface area contributed by atoms with Gasteiger partial charge in [-0.1, -0.05) is 36.3 Å². The lowest BCUT2D eigenvalue weighted by atomic mass is 10.1. The number of hydrogen-bond donors (Lipinski definition) is 2. The van der Waals surface area contributed by atoms with Crippen LogP contribution in [0.3, 0.4) is 0 Å². The number of hydrogen-bond acceptors (Lipinski definition) is 6. The average molecular weight is 498 g/mol. The molecular weight excluding hydrogens is 474 g/mol. The number of benzene rings is 2. The van der Waals surface area contributed by atoms with E-state index in [1.807, 2.05) is 19.1 Å². The molecule has 176 valence electrons. The van der Waals surface area contributed by atoms with Gasteiger partial charge in [0.25, 0.3) is 5.91 Å². The highest BCUT2D eigenvalue weighted by Gasteiger charge is 2.34. The van der Waals surface area contributed by atoms with E-state index in [1.165, 1.54) is 11.3 Å². The van der Waals surface area contributed by atoms with Crippen LogP contribution in [0.5, 0.6) is 0 Å². The first-order valence-corrected chi connectivity index (χ1v) is 12.2. The van der Waals surface area contributed by atoms with Crippen LogP contribution in [0.2, 0.25) is 5.02 Å². The summed E-state index contributed by atoms with van der Waals surface area (Å²) in [6, 6.07) is 13.8. The molecule has 10 heteroatoms. The number of halogens is 1. The fraction of sp³-hybridized carbons (Fsp3) is 0.292. The van der Waals surface area contributed by atoms with Crippen LogP contribution in [-0.4, -0.2) is 34.5 Å². The van der Waals surface area contributed by atoms with Crippen LogP contribution in [-0.2, 0) is 9.59 Å². The molecule has 2 N–H and O–H groups in total. The van der Waals surface area contributed by atoms with Crippen molar-refractivity contribution in [3.8, 4) is 0 Å². The minimum absolute atomic E-state index is 0.00924.